The second-order valence-electron chi connectivity index (χ2n) is 5.98. The lowest BCUT2D eigenvalue weighted by Gasteiger charge is -2.19. The van der Waals surface area contributed by atoms with Gasteiger partial charge in [-0.25, -0.2) is 4.68 Å². The van der Waals surface area contributed by atoms with Crippen LogP contribution in [-0.4, -0.2) is 15.7 Å². The Labute approximate surface area is 147 Å². The second-order valence-corrected chi connectivity index (χ2v) is 5.98. The predicted octanol–water partition coefficient (Wildman–Crippen LogP) is 2.39. The molecular formula is C19H22N4O2. The van der Waals surface area contributed by atoms with E-state index in [9.17, 15) is 9.59 Å². The van der Waals surface area contributed by atoms with Gasteiger partial charge in [-0.05, 0) is 31.4 Å². The number of hydrogen-bond acceptors (Lipinski definition) is 4. The second kappa shape index (κ2) is 8.25. The van der Waals surface area contributed by atoms with E-state index in [4.69, 9.17) is 5.26 Å². The highest BCUT2D eigenvalue weighted by Crippen LogP contribution is 2.18. The molecule has 1 aromatic carbocycles. The van der Waals surface area contributed by atoms with Crippen LogP contribution in [0.25, 0.3) is 0 Å². The first kappa shape index (κ1) is 18.4. The molecule has 0 radical (unpaired) electrons. The molecule has 0 fully saturated rings. The molecule has 2 aromatic rings. The summed E-state index contributed by atoms with van der Waals surface area (Å²) >= 11 is 0. The van der Waals surface area contributed by atoms with Crippen LogP contribution in [0.4, 0.5) is 0 Å². The number of rotatable bonds is 6. The number of nitriles is 1. The van der Waals surface area contributed by atoms with Gasteiger partial charge in [0, 0.05) is 0 Å². The van der Waals surface area contributed by atoms with Gasteiger partial charge in [0.05, 0.1) is 11.7 Å². The molecule has 25 heavy (non-hydrogen) atoms. The maximum atomic E-state index is 12.4. The van der Waals surface area contributed by atoms with E-state index in [0.717, 1.165) is 23.1 Å². The van der Waals surface area contributed by atoms with Gasteiger partial charge in [0.1, 0.15) is 18.2 Å². The fourth-order valence-corrected chi connectivity index (χ4v) is 2.68. The number of hydrogen-bond donors (Lipinski definition) is 1. The quantitative estimate of drug-likeness (QED) is 0.876. The molecule has 0 aliphatic rings. The molecule has 0 aliphatic carbocycles. The summed E-state index contributed by atoms with van der Waals surface area (Å²) < 4.78 is 1.06. The lowest BCUT2D eigenvalue weighted by molar-refractivity contribution is -0.122. The normalized spacial score (nSPS) is 11.6. The van der Waals surface area contributed by atoms with Crippen molar-refractivity contribution in [3.8, 4) is 6.07 Å². The fraction of sp³-hybridized carbons (Fsp3) is 0.368. The van der Waals surface area contributed by atoms with E-state index in [-0.39, 0.29) is 24.1 Å². The molecule has 1 atom stereocenters. The fourth-order valence-electron chi connectivity index (χ4n) is 2.68. The van der Waals surface area contributed by atoms with E-state index in [2.05, 4.69) is 17.3 Å². The van der Waals surface area contributed by atoms with Crippen molar-refractivity contribution in [2.24, 2.45) is 0 Å². The van der Waals surface area contributed by atoms with Gasteiger partial charge < -0.3 is 5.32 Å². The van der Waals surface area contributed by atoms with E-state index < -0.39 is 5.56 Å². The van der Waals surface area contributed by atoms with E-state index in [1.807, 2.05) is 36.4 Å². The molecular weight excluding hydrogens is 316 g/mol. The van der Waals surface area contributed by atoms with Gasteiger partial charge in [-0.3, -0.25) is 9.59 Å². The first-order valence-corrected chi connectivity index (χ1v) is 8.30. The first-order chi connectivity index (χ1) is 12.0. The molecule has 0 saturated carbocycles. The summed E-state index contributed by atoms with van der Waals surface area (Å²) in [6.45, 7) is 5.24. The minimum absolute atomic E-state index is 0.0356. The minimum atomic E-state index is -0.535. The molecule has 6 nitrogen and oxygen atoms in total. The third kappa shape index (κ3) is 4.32. The number of nitrogens with one attached hydrogen (secondary N) is 1. The van der Waals surface area contributed by atoms with Crippen molar-refractivity contribution < 1.29 is 4.79 Å². The van der Waals surface area contributed by atoms with Crippen molar-refractivity contribution in [2.45, 2.75) is 46.2 Å². The van der Waals surface area contributed by atoms with Crippen LogP contribution in [0.5, 0.6) is 0 Å². The molecule has 0 bridgehead atoms. The minimum Gasteiger partial charge on any atom is -0.348 e. The van der Waals surface area contributed by atoms with Gasteiger partial charge in [0.25, 0.3) is 5.56 Å². The summed E-state index contributed by atoms with van der Waals surface area (Å²) in [4.78, 5) is 24.7. The van der Waals surface area contributed by atoms with Crippen molar-refractivity contribution in [2.75, 3.05) is 0 Å². The molecule has 2 rings (SSSR count). The Morgan fingerprint density at radius 3 is 2.60 bits per heavy atom. The number of carbonyl (C=O) groups excluding carboxylic acids is 1. The molecule has 1 aromatic heterocycles. The molecule has 0 saturated heterocycles. The lowest BCUT2D eigenvalue weighted by atomic mass is 10.0. The van der Waals surface area contributed by atoms with Crippen molar-refractivity contribution >= 4 is 5.91 Å². The Morgan fingerprint density at radius 1 is 1.32 bits per heavy atom. The van der Waals surface area contributed by atoms with Gasteiger partial charge in [-0.15, -0.1) is 0 Å². The van der Waals surface area contributed by atoms with Crippen LogP contribution in [0.15, 0.2) is 35.1 Å². The maximum Gasteiger partial charge on any atom is 0.285 e. The monoisotopic (exact) mass is 338 g/mol. The number of aromatic nitrogens is 2. The van der Waals surface area contributed by atoms with Gasteiger partial charge in [0.15, 0.2) is 0 Å². The number of carbonyl (C=O) groups is 1. The highest BCUT2D eigenvalue weighted by atomic mass is 16.2. The van der Waals surface area contributed by atoms with Gasteiger partial charge in [-0.1, -0.05) is 43.7 Å². The Kier molecular flexibility index (Phi) is 6.07. The Hall–Kier alpha value is -2.94. The van der Waals surface area contributed by atoms with Gasteiger partial charge in [0.2, 0.25) is 5.91 Å². The number of amides is 1. The van der Waals surface area contributed by atoms with Crippen LogP contribution in [0.3, 0.4) is 0 Å². The highest BCUT2D eigenvalue weighted by molar-refractivity contribution is 5.76. The molecule has 0 aliphatic heterocycles. The summed E-state index contributed by atoms with van der Waals surface area (Å²) in [5, 5.41) is 16.3. The number of nitrogens with zero attached hydrogens (tertiary/aromatic N) is 3. The highest BCUT2D eigenvalue weighted by Gasteiger charge is 2.17. The number of benzene rings is 1. The molecule has 6 heteroatoms. The zero-order chi connectivity index (χ0) is 18.4. The third-order valence-electron chi connectivity index (χ3n) is 4.16. The Morgan fingerprint density at radius 2 is 2.00 bits per heavy atom. The summed E-state index contributed by atoms with van der Waals surface area (Å²) in [6, 6.07) is 11.5. The molecule has 130 valence electrons. The summed E-state index contributed by atoms with van der Waals surface area (Å²) in [7, 11) is 0. The van der Waals surface area contributed by atoms with Crippen LogP contribution in [0, 0.1) is 25.2 Å². The van der Waals surface area contributed by atoms with Crippen LogP contribution in [-0.2, 0) is 11.3 Å². The average molecular weight is 338 g/mol. The first-order valence-electron chi connectivity index (χ1n) is 8.30. The number of aryl methyl sites for hydroxylation is 1. The van der Waals surface area contributed by atoms with Crippen LogP contribution < -0.4 is 10.9 Å². The van der Waals surface area contributed by atoms with Crippen molar-refractivity contribution in [1.82, 2.24) is 15.1 Å². The van der Waals surface area contributed by atoms with Gasteiger partial charge >= 0.3 is 0 Å². The van der Waals surface area contributed by atoms with E-state index in [1.165, 1.54) is 0 Å². The van der Waals surface area contributed by atoms with Crippen molar-refractivity contribution in [3.05, 3.63) is 63.1 Å². The molecule has 1 heterocycles. The third-order valence-corrected chi connectivity index (χ3v) is 4.16. The topological polar surface area (TPSA) is 87.8 Å². The van der Waals surface area contributed by atoms with Crippen molar-refractivity contribution in [1.29, 1.82) is 5.26 Å². The summed E-state index contributed by atoms with van der Waals surface area (Å²) in [5.74, 6) is -0.302. The van der Waals surface area contributed by atoms with E-state index in [1.54, 1.807) is 13.8 Å². The summed E-state index contributed by atoms with van der Waals surface area (Å²) in [6.07, 6.45) is 1.72. The molecule has 1 amide bonds. The lowest BCUT2D eigenvalue weighted by Crippen LogP contribution is -2.37. The average Bonchev–Trinajstić information content (AvgIpc) is 2.60. The molecule has 1 N–H and O–H groups in total. The zero-order valence-corrected chi connectivity index (χ0v) is 14.7. The van der Waals surface area contributed by atoms with E-state index >= 15 is 0 Å². The maximum absolute atomic E-state index is 12.4. The Balaban J connectivity index is 2.21. The Bertz CT molecular complexity index is 850. The van der Waals surface area contributed by atoms with Crippen LogP contribution in [0.2, 0.25) is 0 Å². The largest absolute Gasteiger partial charge is 0.348 e. The van der Waals surface area contributed by atoms with Gasteiger partial charge in [-0.2, -0.15) is 10.4 Å². The SMILES string of the molecule is CCC[C@H](NC(=O)Cn1nc(C)c(C)c(C#N)c1=O)c1ccccc1. The van der Waals surface area contributed by atoms with Crippen LogP contribution in [0.1, 0.15) is 48.2 Å². The smallest absolute Gasteiger partial charge is 0.285 e. The van der Waals surface area contributed by atoms with E-state index in [0.29, 0.717) is 11.3 Å². The predicted molar refractivity (Wildman–Crippen MR) is 94.9 cm³/mol. The van der Waals surface area contributed by atoms with Crippen molar-refractivity contribution in [3.63, 3.8) is 0 Å². The van der Waals surface area contributed by atoms with Crippen LogP contribution >= 0.6 is 0 Å². The zero-order valence-electron chi connectivity index (χ0n) is 14.7. The molecule has 0 unspecified atom stereocenters. The standard InChI is InChI=1S/C19H22N4O2/c1-4-8-17(15-9-6-5-7-10-15)21-18(24)12-23-19(25)16(11-20)13(2)14(3)22-23/h5-7,9-10,17H,4,8,12H2,1-3H3,(H,21,24)/t17-/m0/s1. The summed E-state index contributed by atoms with van der Waals surface area (Å²) in [5.41, 5.74) is 1.64. The molecule has 0 spiro atoms.